The molecule has 1 heterocycles. The molecule has 3 rings (SSSR count). The molecule has 2 aromatic carbocycles. The van der Waals surface area contributed by atoms with E-state index in [1.165, 1.54) is 0 Å². The molecule has 0 aliphatic carbocycles. The molecule has 0 spiro atoms. The van der Waals surface area contributed by atoms with E-state index in [1.54, 1.807) is 24.3 Å². The van der Waals surface area contributed by atoms with Crippen molar-refractivity contribution in [1.82, 2.24) is 10.2 Å². The molecule has 3 N–H and O–H groups in total. The van der Waals surface area contributed by atoms with E-state index >= 15 is 0 Å². The summed E-state index contributed by atoms with van der Waals surface area (Å²) in [5.74, 6) is -0.105. The average Bonchev–Trinajstić information content (AvgIpc) is 2.89. The predicted molar refractivity (Wildman–Crippen MR) is 78.0 cm³/mol. The van der Waals surface area contributed by atoms with Crippen molar-refractivity contribution in [2.45, 2.75) is 0 Å². The number of aromatic carboxylic acids is 1. The van der Waals surface area contributed by atoms with Gasteiger partial charge in [0.05, 0.1) is 11.1 Å². The molecule has 0 bridgehead atoms. The Bertz CT molecular complexity index is 775. The number of hydrogen-bond acceptors (Lipinski definition) is 3. The highest BCUT2D eigenvalue weighted by Crippen LogP contribution is 2.27. The molecular formula is C15H13N3O2. The number of carbonyl (C=O) groups is 1. The Hall–Kier alpha value is -2.82. The molecule has 0 amide bonds. The molecule has 100 valence electrons. The van der Waals surface area contributed by atoms with Gasteiger partial charge in [0.25, 0.3) is 0 Å². The van der Waals surface area contributed by atoms with Crippen LogP contribution in [0.1, 0.15) is 10.4 Å². The van der Waals surface area contributed by atoms with Crippen molar-refractivity contribution in [3.63, 3.8) is 0 Å². The smallest absolute Gasteiger partial charge is 0.335 e. The van der Waals surface area contributed by atoms with E-state index in [1.807, 2.05) is 25.2 Å². The van der Waals surface area contributed by atoms with Gasteiger partial charge in [0.1, 0.15) is 0 Å². The van der Waals surface area contributed by atoms with E-state index in [0.29, 0.717) is 0 Å². The SMILES string of the molecule is CNc1n[nH]c2cc(-c3ccc(C(=O)O)cc3)ccc12. The molecule has 0 fully saturated rings. The Kier molecular flexibility index (Phi) is 2.87. The molecule has 0 saturated carbocycles. The molecule has 0 aliphatic heterocycles. The number of carboxylic acids is 1. The number of H-pyrrole nitrogens is 1. The lowest BCUT2D eigenvalue weighted by Gasteiger charge is -2.03. The molecule has 3 aromatic rings. The van der Waals surface area contributed by atoms with Crippen LogP contribution in [0, 0.1) is 0 Å². The summed E-state index contributed by atoms with van der Waals surface area (Å²) in [4.78, 5) is 10.8. The van der Waals surface area contributed by atoms with Crippen molar-refractivity contribution in [2.24, 2.45) is 0 Å². The van der Waals surface area contributed by atoms with Crippen LogP contribution in [0.15, 0.2) is 42.5 Å². The number of carboxylic acid groups (broad SMARTS) is 1. The zero-order chi connectivity index (χ0) is 14.1. The highest BCUT2D eigenvalue weighted by molar-refractivity contribution is 5.93. The van der Waals surface area contributed by atoms with Crippen LogP contribution in [0.3, 0.4) is 0 Å². The van der Waals surface area contributed by atoms with Crippen LogP contribution in [0.2, 0.25) is 0 Å². The topological polar surface area (TPSA) is 78.0 Å². The normalized spacial score (nSPS) is 10.7. The van der Waals surface area contributed by atoms with Crippen LogP contribution in [-0.4, -0.2) is 28.3 Å². The zero-order valence-electron chi connectivity index (χ0n) is 10.8. The summed E-state index contributed by atoms with van der Waals surface area (Å²) in [6.45, 7) is 0. The van der Waals surface area contributed by atoms with E-state index in [-0.39, 0.29) is 5.56 Å². The van der Waals surface area contributed by atoms with E-state index in [9.17, 15) is 4.79 Å². The minimum absolute atomic E-state index is 0.286. The standard InChI is InChI=1S/C15H13N3O2/c1-16-14-12-7-6-11(8-13(12)17-18-14)9-2-4-10(5-3-9)15(19)20/h2-8H,1H3,(H,19,20)(H2,16,17,18). The van der Waals surface area contributed by atoms with Gasteiger partial charge in [0.2, 0.25) is 0 Å². The Morgan fingerprint density at radius 1 is 1.15 bits per heavy atom. The van der Waals surface area contributed by atoms with Crippen molar-refractivity contribution >= 4 is 22.7 Å². The zero-order valence-corrected chi connectivity index (χ0v) is 10.8. The monoisotopic (exact) mass is 267 g/mol. The fourth-order valence-corrected chi connectivity index (χ4v) is 2.19. The third kappa shape index (κ3) is 1.99. The summed E-state index contributed by atoms with van der Waals surface area (Å²) in [7, 11) is 1.83. The molecule has 5 nitrogen and oxygen atoms in total. The van der Waals surface area contributed by atoms with Gasteiger partial charge in [0, 0.05) is 12.4 Å². The van der Waals surface area contributed by atoms with Gasteiger partial charge in [0.15, 0.2) is 5.82 Å². The number of nitrogens with one attached hydrogen (secondary N) is 2. The number of hydrogen-bond donors (Lipinski definition) is 3. The maximum absolute atomic E-state index is 10.8. The number of aromatic nitrogens is 2. The molecule has 0 unspecified atom stereocenters. The Labute approximate surface area is 115 Å². The number of benzene rings is 2. The van der Waals surface area contributed by atoms with Crippen LogP contribution in [0.4, 0.5) is 5.82 Å². The van der Waals surface area contributed by atoms with Gasteiger partial charge in [-0.2, -0.15) is 5.10 Å². The molecule has 20 heavy (non-hydrogen) atoms. The molecule has 0 atom stereocenters. The summed E-state index contributed by atoms with van der Waals surface area (Å²) < 4.78 is 0. The first-order valence-electron chi connectivity index (χ1n) is 6.18. The molecule has 1 aromatic heterocycles. The van der Waals surface area contributed by atoms with Crippen LogP contribution in [-0.2, 0) is 0 Å². The van der Waals surface area contributed by atoms with Gasteiger partial charge >= 0.3 is 5.97 Å². The lowest BCUT2D eigenvalue weighted by molar-refractivity contribution is 0.0697. The summed E-state index contributed by atoms with van der Waals surface area (Å²) in [6, 6.07) is 12.8. The van der Waals surface area contributed by atoms with Gasteiger partial charge in [-0.3, -0.25) is 5.10 Å². The predicted octanol–water partition coefficient (Wildman–Crippen LogP) is 2.97. The van der Waals surface area contributed by atoms with E-state index in [2.05, 4.69) is 15.5 Å². The van der Waals surface area contributed by atoms with Crippen LogP contribution < -0.4 is 5.32 Å². The Balaban J connectivity index is 2.03. The second-order valence-corrected chi connectivity index (χ2v) is 4.47. The van der Waals surface area contributed by atoms with Crippen molar-refractivity contribution < 1.29 is 9.90 Å². The third-order valence-electron chi connectivity index (χ3n) is 3.26. The minimum Gasteiger partial charge on any atom is -0.478 e. The number of fused-ring (bicyclic) bond motifs is 1. The molecule has 0 saturated heterocycles. The molecule has 5 heteroatoms. The van der Waals surface area contributed by atoms with E-state index in [0.717, 1.165) is 27.8 Å². The highest BCUT2D eigenvalue weighted by Gasteiger charge is 2.07. The summed E-state index contributed by atoms with van der Waals surface area (Å²) in [5, 5.41) is 20.1. The first kappa shape index (κ1) is 12.2. The fraction of sp³-hybridized carbons (Fsp3) is 0.0667. The average molecular weight is 267 g/mol. The molecule has 0 radical (unpaired) electrons. The first-order valence-corrected chi connectivity index (χ1v) is 6.18. The lowest BCUT2D eigenvalue weighted by atomic mass is 10.0. The number of anilines is 1. The fourth-order valence-electron chi connectivity index (χ4n) is 2.19. The van der Waals surface area contributed by atoms with E-state index < -0.39 is 5.97 Å². The van der Waals surface area contributed by atoms with Gasteiger partial charge in [-0.1, -0.05) is 18.2 Å². The number of nitrogens with zero attached hydrogens (tertiary/aromatic N) is 1. The second kappa shape index (κ2) is 4.70. The quantitative estimate of drug-likeness (QED) is 0.681. The van der Waals surface area contributed by atoms with Crippen molar-refractivity contribution in [3.05, 3.63) is 48.0 Å². The Morgan fingerprint density at radius 3 is 2.50 bits per heavy atom. The van der Waals surface area contributed by atoms with E-state index in [4.69, 9.17) is 5.11 Å². The summed E-state index contributed by atoms with van der Waals surface area (Å²) >= 11 is 0. The maximum atomic E-state index is 10.8. The largest absolute Gasteiger partial charge is 0.478 e. The van der Waals surface area contributed by atoms with Gasteiger partial charge < -0.3 is 10.4 Å². The molecule has 0 aliphatic rings. The number of aromatic amines is 1. The van der Waals surface area contributed by atoms with Gasteiger partial charge in [-0.05, 0) is 35.4 Å². The third-order valence-corrected chi connectivity index (χ3v) is 3.26. The molecular weight excluding hydrogens is 254 g/mol. The van der Waals surface area contributed by atoms with Crippen LogP contribution >= 0.6 is 0 Å². The van der Waals surface area contributed by atoms with Crippen molar-refractivity contribution in [2.75, 3.05) is 12.4 Å². The second-order valence-electron chi connectivity index (χ2n) is 4.47. The van der Waals surface area contributed by atoms with Gasteiger partial charge in [-0.15, -0.1) is 0 Å². The van der Waals surface area contributed by atoms with Crippen LogP contribution in [0.25, 0.3) is 22.0 Å². The maximum Gasteiger partial charge on any atom is 0.335 e. The lowest BCUT2D eigenvalue weighted by Crippen LogP contribution is -1.94. The van der Waals surface area contributed by atoms with Crippen molar-refractivity contribution in [3.8, 4) is 11.1 Å². The highest BCUT2D eigenvalue weighted by atomic mass is 16.4. The Morgan fingerprint density at radius 2 is 1.85 bits per heavy atom. The summed E-state index contributed by atoms with van der Waals surface area (Å²) in [6.07, 6.45) is 0. The first-order chi connectivity index (χ1) is 9.69. The van der Waals surface area contributed by atoms with Crippen LogP contribution in [0.5, 0.6) is 0 Å². The number of rotatable bonds is 3. The van der Waals surface area contributed by atoms with Crippen molar-refractivity contribution in [1.29, 1.82) is 0 Å². The van der Waals surface area contributed by atoms with Gasteiger partial charge in [-0.25, -0.2) is 4.79 Å². The summed E-state index contributed by atoms with van der Waals surface area (Å²) in [5.41, 5.74) is 3.21. The minimum atomic E-state index is -0.917.